The molecule has 1 aromatic rings. The van der Waals surface area contributed by atoms with Crippen molar-refractivity contribution >= 4 is 69.4 Å². The van der Waals surface area contributed by atoms with E-state index in [1.807, 2.05) is 0 Å². The van der Waals surface area contributed by atoms with Crippen LogP contribution in [-0.4, -0.2) is 105 Å². The Morgan fingerprint density at radius 2 is 2.03 bits per heavy atom. The molecule has 0 radical (unpaired) electrons. The van der Waals surface area contributed by atoms with Crippen LogP contribution >= 0.6 is 47.3 Å². The quantitative estimate of drug-likeness (QED) is 0.313. The first-order valence-electron chi connectivity index (χ1n) is 11.2. The van der Waals surface area contributed by atoms with Crippen molar-refractivity contribution in [1.82, 2.24) is 15.1 Å². The van der Waals surface area contributed by atoms with Gasteiger partial charge in [0.2, 0.25) is 5.91 Å². The Morgan fingerprint density at radius 1 is 1.31 bits per heavy atom. The number of hydrogen-bond acceptors (Lipinski definition) is 6. The number of hydrogen-bond donors (Lipinski definition) is 2. The van der Waals surface area contributed by atoms with Gasteiger partial charge in [0.1, 0.15) is 21.4 Å². The van der Waals surface area contributed by atoms with Gasteiger partial charge in [0, 0.05) is 16.5 Å². The second-order valence-electron chi connectivity index (χ2n) is 9.44. The Morgan fingerprint density at radius 3 is 2.69 bits per heavy atom. The van der Waals surface area contributed by atoms with Gasteiger partial charge in [0.25, 0.3) is 5.91 Å². The Hall–Kier alpha value is -1.79. The van der Waals surface area contributed by atoms with Crippen LogP contribution in [0.25, 0.3) is 0 Å². The molecule has 2 unspecified atom stereocenters. The Balaban J connectivity index is 1.37. The monoisotopic (exact) mass is 555 g/mol. The number of amides is 2. The molecule has 3 aliphatic heterocycles. The van der Waals surface area contributed by atoms with Gasteiger partial charge in [-0.3, -0.25) is 14.5 Å². The highest BCUT2D eigenvalue weighted by Crippen LogP contribution is 2.41. The molecular formula is C23H28ClN4O4S3+. The summed E-state index contributed by atoms with van der Waals surface area (Å²) < 4.78 is 1.72. The van der Waals surface area contributed by atoms with E-state index in [-0.39, 0.29) is 18.0 Å². The molecule has 12 heteroatoms. The first-order valence-corrected chi connectivity index (χ1v) is 14.1. The van der Waals surface area contributed by atoms with Crippen LogP contribution in [0.4, 0.5) is 0 Å². The summed E-state index contributed by atoms with van der Waals surface area (Å²) in [6, 6.07) is 6.24. The molecule has 35 heavy (non-hydrogen) atoms. The summed E-state index contributed by atoms with van der Waals surface area (Å²) in [6.07, 6.45) is 0.0925. The lowest BCUT2D eigenvalue weighted by molar-refractivity contribution is -0.893. The minimum atomic E-state index is -1.13. The van der Waals surface area contributed by atoms with Crippen molar-refractivity contribution in [3.63, 3.8) is 0 Å². The molecule has 2 N–H and O–H groups in total. The number of fused-ring (bicyclic) bond motifs is 1. The normalized spacial score (nSPS) is 23.5. The van der Waals surface area contributed by atoms with Crippen LogP contribution in [0.2, 0.25) is 5.02 Å². The third-order valence-corrected chi connectivity index (χ3v) is 9.58. The zero-order valence-electron chi connectivity index (χ0n) is 19.5. The number of rotatable bonds is 6. The molecule has 188 valence electrons. The van der Waals surface area contributed by atoms with Gasteiger partial charge in [-0.05, 0) is 23.3 Å². The van der Waals surface area contributed by atoms with Gasteiger partial charge in [-0.25, -0.2) is 4.79 Å². The van der Waals surface area contributed by atoms with Crippen molar-refractivity contribution in [2.75, 3.05) is 51.8 Å². The maximum Gasteiger partial charge on any atom is 0.352 e. The van der Waals surface area contributed by atoms with Gasteiger partial charge in [-0.1, -0.05) is 47.7 Å². The minimum absolute atomic E-state index is 0.0193. The van der Waals surface area contributed by atoms with Crippen LogP contribution in [0.1, 0.15) is 5.56 Å². The predicted octanol–water partition coefficient (Wildman–Crippen LogP) is 2.03. The molecule has 1 aromatic carbocycles. The fraction of sp³-hybridized carbons (Fsp3) is 0.478. The number of carbonyl (C=O) groups excluding carboxylic acids is 2. The van der Waals surface area contributed by atoms with Crippen LogP contribution < -0.4 is 5.32 Å². The van der Waals surface area contributed by atoms with Crippen molar-refractivity contribution in [2.24, 2.45) is 0 Å². The maximum atomic E-state index is 12.9. The molecule has 0 spiro atoms. The summed E-state index contributed by atoms with van der Waals surface area (Å²) in [5, 5.41) is 12.8. The first-order chi connectivity index (χ1) is 16.6. The third kappa shape index (κ3) is 5.96. The van der Waals surface area contributed by atoms with Crippen molar-refractivity contribution in [3.8, 4) is 0 Å². The van der Waals surface area contributed by atoms with Gasteiger partial charge in [0.05, 0.1) is 46.7 Å². The number of carboxylic acids is 1. The fourth-order valence-corrected chi connectivity index (χ4v) is 7.23. The zero-order chi connectivity index (χ0) is 25.3. The molecule has 2 atom stereocenters. The molecule has 2 fully saturated rings. The highest BCUT2D eigenvalue weighted by atomic mass is 35.5. The Kier molecular flexibility index (Phi) is 8.02. The summed E-state index contributed by atoms with van der Waals surface area (Å²) in [5.41, 5.74) is 1.44. The molecule has 2 saturated heterocycles. The van der Waals surface area contributed by atoms with Crippen LogP contribution in [0.3, 0.4) is 0 Å². The van der Waals surface area contributed by atoms with E-state index < -0.39 is 23.3 Å². The molecule has 0 saturated carbocycles. The highest BCUT2D eigenvalue weighted by molar-refractivity contribution is 8.23. The highest BCUT2D eigenvalue weighted by Gasteiger charge is 2.54. The van der Waals surface area contributed by atoms with E-state index >= 15 is 0 Å². The van der Waals surface area contributed by atoms with Crippen LogP contribution in [-0.2, 0) is 20.8 Å². The fourth-order valence-electron chi connectivity index (χ4n) is 4.28. The van der Waals surface area contributed by atoms with Crippen molar-refractivity contribution < 1.29 is 24.0 Å². The number of carbonyl (C=O) groups is 3. The molecule has 0 aliphatic carbocycles. The summed E-state index contributed by atoms with van der Waals surface area (Å²) >= 11 is 14.5. The van der Waals surface area contributed by atoms with Gasteiger partial charge in [0.15, 0.2) is 0 Å². The van der Waals surface area contributed by atoms with Crippen molar-refractivity contribution in [1.29, 1.82) is 0 Å². The van der Waals surface area contributed by atoms with Crippen molar-refractivity contribution in [2.45, 2.75) is 17.8 Å². The number of benzene rings is 1. The number of thiocarbonyl (C=S) groups is 1. The SMILES string of the molecule is C[N+]1(C)CCN(C(=S)SCC2=C(C(=O)O)N3C(=O)C(NC(=O)Cc4cccc(Cl)c4)C3SC2)CC1. The number of carboxylic acid groups (broad SMARTS) is 1. The number of quaternary nitrogens is 1. The predicted molar refractivity (Wildman–Crippen MR) is 143 cm³/mol. The number of nitrogens with one attached hydrogen (secondary N) is 1. The van der Waals surface area contributed by atoms with Crippen molar-refractivity contribution in [3.05, 3.63) is 46.1 Å². The zero-order valence-corrected chi connectivity index (χ0v) is 22.7. The molecule has 3 aliphatic rings. The second kappa shape index (κ2) is 10.7. The molecule has 3 heterocycles. The van der Waals surface area contributed by atoms with Crippen LogP contribution in [0, 0.1) is 0 Å². The van der Waals surface area contributed by atoms with E-state index in [0.717, 1.165) is 40.5 Å². The van der Waals surface area contributed by atoms with E-state index in [0.29, 0.717) is 22.1 Å². The molecule has 8 nitrogen and oxygen atoms in total. The second-order valence-corrected chi connectivity index (χ2v) is 12.6. The maximum absolute atomic E-state index is 12.9. The molecule has 2 amide bonds. The molecule has 0 bridgehead atoms. The van der Waals surface area contributed by atoms with E-state index in [1.165, 1.54) is 28.4 Å². The lowest BCUT2D eigenvalue weighted by Crippen LogP contribution is -2.70. The minimum Gasteiger partial charge on any atom is -0.477 e. The average Bonchev–Trinajstić information content (AvgIpc) is 2.80. The number of thioether (sulfide) groups is 2. The summed E-state index contributed by atoms with van der Waals surface area (Å²) in [4.78, 5) is 41.0. The summed E-state index contributed by atoms with van der Waals surface area (Å²) in [6.45, 7) is 3.77. The summed E-state index contributed by atoms with van der Waals surface area (Å²) in [5.74, 6) is -0.950. The Bertz CT molecular complexity index is 1090. The number of β-lactam (4-membered cyclic amide) rings is 1. The van der Waals surface area contributed by atoms with E-state index in [2.05, 4.69) is 24.3 Å². The number of halogens is 1. The van der Waals surface area contributed by atoms with Gasteiger partial charge in [-0.2, -0.15) is 0 Å². The number of aliphatic carboxylic acids is 1. The number of nitrogens with zero attached hydrogens (tertiary/aromatic N) is 3. The smallest absolute Gasteiger partial charge is 0.352 e. The Labute approximate surface area is 223 Å². The largest absolute Gasteiger partial charge is 0.477 e. The number of piperazine rings is 1. The van der Waals surface area contributed by atoms with Crippen LogP contribution in [0.15, 0.2) is 35.5 Å². The number of likely N-dealkylation sites (N-methyl/N-ethyl adjacent to an activating group) is 1. The molecule has 4 rings (SSSR count). The third-order valence-electron chi connectivity index (χ3n) is 6.40. The van der Waals surface area contributed by atoms with E-state index in [4.69, 9.17) is 23.8 Å². The van der Waals surface area contributed by atoms with Gasteiger partial charge < -0.3 is 19.8 Å². The van der Waals surface area contributed by atoms with E-state index in [1.54, 1.807) is 24.3 Å². The van der Waals surface area contributed by atoms with Crippen LogP contribution in [0.5, 0.6) is 0 Å². The molecule has 0 aromatic heterocycles. The topological polar surface area (TPSA) is 90.0 Å². The standard InChI is InChI=1S/C23H27ClN4O4S3/c1-28(2)8-6-26(7-9-28)23(33)35-13-15-12-34-21-18(20(30)27(21)19(15)22(31)32)25-17(29)11-14-4-3-5-16(24)10-14/h3-5,10,18,21H,6-9,11-13H2,1-2H3,(H-,25,29,31,32)/p+1. The van der Waals surface area contributed by atoms with E-state index in [9.17, 15) is 19.5 Å². The first kappa shape index (κ1) is 26.3. The van der Waals surface area contributed by atoms with Gasteiger partial charge >= 0.3 is 5.97 Å². The summed E-state index contributed by atoms with van der Waals surface area (Å²) in [7, 11) is 4.40. The average molecular weight is 556 g/mol. The lowest BCUT2D eigenvalue weighted by atomic mass is 10.0. The van der Waals surface area contributed by atoms with Gasteiger partial charge in [-0.15, -0.1) is 11.8 Å². The lowest BCUT2D eigenvalue weighted by Gasteiger charge is -2.49. The molecular weight excluding hydrogens is 528 g/mol.